The Balaban J connectivity index is 2.43. The molecule has 1 aliphatic rings. The third-order valence-corrected chi connectivity index (χ3v) is 6.12. The molecule has 1 heterocycles. The second-order valence-electron chi connectivity index (χ2n) is 6.27. The van der Waals surface area contributed by atoms with E-state index in [0.29, 0.717) is 42.8 Å². The summed E-state index contributed by atoms with van der Waals surface area (Å²) in [6, 6.07) is 5.56. The fourth-order valence-electron chi connectivity index (χ4n) is 3.20. The molecule has 21 heavy (non-hydrogen) atoms. The zero-order valence-corrected chi connectivity index (χ0v) is 14.0. The Morgan fingerprint density at radius 2 is 1.86 bits per heavy atom. The highest BCUT2D eigenvalue weighted by Gasteiger charge is 2.32. The van der Waals surface area contributed by atoms with Crippen LogP contribution in [-0.2, 0) is 23.0 Å². The van der Waals surface area contributed by atoms with Gasteiger partial charge in [-0.25, -0.2) is 8.42 Å². The zero-order chi connectivity index (χ0) is 15.6. The largest absolute Gasteiger partial charge is 0.326 e. The lowest BCUT2D eigenvalue weighted by atomic mass is 9.94. The molecule has 0 radical (unpaired) electrons. The van der Waals surface area contributed by atoms with Gasteiger partial charge in [-0.2, -0.15) is 4.31 Å². The lowest BCUT2D eigenvalue weighted by Gasteiger charge is -2.34. The van der Waals surface area contributed by atoms with Crippen molar-refractivity contribution in [3.8, 4) is 0 Å². The molecule has 5 heteroatoms. The molecule has 2 rings (SSSR count). The van der Waals surface area contributed by atoms with Gasteiger partial charge in [0.25, 0.3) is 0 Å². The van der Waals surface area contributed by atoms with Crippen LogP contribution in [0.3, 0.4) is 0 Å². The molecule has 1 aliphatic heterocycles. The monoisotopic (exact) mass is 310 g/mol. The predicted molar refractivity (Wildman–Crippen MR) is 85.4 cm³/mol. The summed E-state index contributed by atoms with van der Waals surface area (Å²) in [4.78, 5) is 0.439. The maximum Gasteiger partial charge on any atom is 0.243 e. The molecule has 2 N–H and O–H groups in total. The summed E-state index contributed by atoms with van der Waals surface area (Å²) >= 11 is 0. The first-order valence-corrected chi connectivity index (χ1v) is 9.14. The molecule has 1 aromatic carbocycles. The Kier molecular flexibility index (Phi) is 5.07. The summed E-state index contributed by atoms with van der Waals surface area (Å²) in [6.07, 6.45) is 1.80. The zero-order valence-electron chi connectivity index (χ0n) is 13.2. The summed E-state index contributed by atoms with van der Waals surface area (Å²) in [6.45, 7) is 7.81. The average Bonchev–Trinajstić information content (AvgIpc) is 2.45. The first-order chi connectivity index (χ1) is 9.88. The van der Waals surface area contributed by atoms with E-state index in [0.717, 1.165) is 17.5 Å². The van der Waals surface area contributed by atoms with Crippen molar-refractivity contribution in [2.24, 2.45) is 17.6 Å². The van der Waals surface area contributed by atoms with E-state index in [1.165, 1.54) is 0 Å². The lowest BCUT2D eigenvalue weighted by molar-refractivity contribution is 0.222. The number of aryl methyl sites for hydroxylation is 1. The van der Waals surface area contributed by atoms with Crippen molar-refractivity contribution >= 4 is 10.0 Å². The maximum atomic E-state index is 13.0. The highest BCUT2D eigenvalue weighted by atomic mass is 32.2. The van der Waals surface area contributed by atoms with E-state index in [2.05, 4.69) is 13.8 Å². The van der Waals surface area contributed by atoms with Gasteiger partial charge in [0.15, 0.2) is 0 Å². The lowest BCUT2D eigenvalue weighted by Crippen LogP contribution is -2.42. The van der Waals surface area contributed by atoms with E-state index < -0.39 is 10.0 Å². The van der Waals surface area contributed by atoms with Crippen LogP contribution in [0.5, 0.6) is 0 Å². The molecular formula is C16H26N2O2S. The van der Waals surface area contributed by atoms with Crippen molar-refractivity contribution in [2.45, 2.75) is 45.1 Å². The minimum Gasteiger partial charge on any atom is -0.326 e. The molecular weight excluding hydrogens is 284 g/mol. The van der Waals surface area contributed by atoms with E-state index in [1.807, 2.05) is 19.1 Å². The summed E-state index contributed by atoms with van der Waals surface area (Å²) in [5, 5.41) is 0. The fourth-order valence-corrected chi connectivity index (χ4v) is 5.22. The fraction of sp³-hybridized carbons (Fsp3) is 0.625. The van der Waals surface area contributed by atoms with Crippen LogP contribution in [0.25, 0.3) is 0 Å². The van der Waals surface area contributed by atoms with Gasteiger partial charge < -0.3 is 5.73 Å². The smallest absolute Gasteiger partial charge is 0.243 e. The van der Waals surface area contributed by atoms with Crippen LogP contribution in [0.15, 0.2) is 23.1 Å². The van der Waals surface area contributed by atoms with Gasteiger partial charge in [-0.3, -0.25) is 0 Å². The highest BCUT2D eigenvalue weighted by molar-refractivity contribution is 7.89. The van der Waals surface area contributed by atoms with Gasteiger partial charge in [-0.1, -0.05) is 32.9 Å². The van der Waals surface area contributed by atoms with Crippen molar-refractivity contribution in [2.75, 3.05) is 13.1 Å². The average molecular weight is 310 g/mol. The SMILES string of the molecule is CCc1ccc(CN)cc1S(=O)(=O)N1CC(C)CC(C)C1. The molecule has 0 saturated carbocycles. The quantitative estimate of drug-likeness (QED) is 0.928. The molecule has 0 spiro atoms. The van der Waals surface area contributed by atoms with E-state index in [1.54, 1.807) is 10.4 Å². The number of nitrogens with zero attached hydrogens (tertiary/aromatic N) is 1. The molecule has 2 atom stereocenters. The number of hydrogen-bond acceptors (Lipinski definition) is 3. The molecule has 4 nitrogen and oxygen atoms in total. The summed E-state index contributed by atoms with van der Waals surface area (Å²) in [5.74, 6) is 0.817. The second kappa shape index (κ2) is 6.46. The Labute approximate surface area is 128 Å². The van der Waals surface area contributed by atoms with Crippen molar-refractivity contribution in [3.05, 3.63) is 29.3 Å². The third-order valence-electron chi connectivity index (χ3n) is 4.20. The van der Waals surface area contributed by atoms with Crippen molar-refractivity contribution < 1.29 is 8.42 Å². The molecule has 2 unspecified atom stereocenters. The summed E-state index contributed by atoms with van der Waals surface area (Å²) in [7, 11) is -3.43. The van der Waals surface area contributed by atoms with Crippen LogP contribution in [0, 0.1) is 11.8 Å². The number of hydrogen-bond donors (Lipinski definition) is 1. The molecule has 0 bridgehead atoms. The van der Waals surface area contributed by atoms with Crippen LogP contribution < -0.4 is 5.73 Å². The van der Waals surface area contributed by atoms with E-state index >= 15 is 0 Å². The number of nitrogens with two attached hydrogens (primary N) is 1. The Hall–Kier alpha value is -0.910. The minimum atomic E-state index is -3.43. The van der Waals surface area contributed by atoms with Crippen LogP contribution in [0.4, 0.5) is 0 Å². The first kappa shape index (κ1) is 16.5. The number of sulfonamides is 1. The van der Waals surface area contributed by atoms with Gasteiger partial charge in [-0.15, -0.1) is 0 Å². The molecule has 1 saturated heterocycles. The van der Waals surface area contributed by atoms with Gasteiger partial charge in [0.1, 0.15) is 0 Å². The van der Waals surface area contributed by atoms with Gasteiger partial charge in [0.2, 0.25) is 10.0 Å². The predicted octanol–water partition coefficient (Wildman–Crippen LogP) is 2.37. The Bertz CT molecular complexity index is 588. The molecule has 118 valence electrons. The van der Waals surface area contributed by atoms with E-state index in [9.17, 15) is 8.42 Å². The van der Waals surface area contributed by atoms with Crippen molar-refractivity contribution in [1.29, 1.82) is 0 Å². The Morgan fingerprint density at radius 1 is 1.24 bits per heavy atom. The highest BCUT2D eigenvalue weighted by Crippen LogP contribution is 2.29. The number of benzene rings is 1. The number of piperidine rings is 1. The third kappa shape index (κ3) is 3.47. The summed E-state index contributed by atoms with van der Waals surface area (Å²) < 4.78 is 27.7. The molecule has 1 aromatic rings. The van der Waals surface area contributed by atoms with Gasteiger partial charge in [0.05, 0.1) is 4.90 Å². The topological polar surface area (TPSA) is 63.4 Å². The van der Waals surface area contributed by atoms with Gasteiger partial charge in [-0.05, 0) is 41.9 Å². The molecule has 0 aliphatic carbocycles. The van der Waals surface area contributed by atoms with Crippen LogP contribution in [-0.4, -0.2) is 25.8 Å². The van der Waals surface area contributed by atoms with Crippen LogP contribution >= 0.6 is 0 Å². The van der Waals surface area contributed by atoms with Gasteiger partial charge >= 0.3 is 0 Å². The maximum absolute atomic E-state index is 13.0. The van der Waals surface area contributed by atoms with Crippen molar-refractivity contribution in [3.63, 3.8) is 0 Å². The normalized spacial score (nSPS) is 24.2. The number of rotatable bonds is 4. The van der Waals surface area contributed by atoms with E-state index in [4.69, 9.17) is 5.73 Å². The van der Waals surface area contributed by atoms with Crippen LogP contribution in [0.1, 0.15) is 38.3 Å². The molecule has 1 fully saturated rings. The van der Waals surface area contributed by atoms with Crippen LogP contribution in [0.2, 0.25) is 0 Å². The standard InChI is InChI=1S/C16H26N2O2S/c1-4-15-6-5-14(9-17)8-16(15)21(19,20)18-10-12(2)7-13(3)11-18/h5-6,8,12-13H,4,7,9-11,17H2,1-3H3. The van der Waals surface area contributed by atoms with Gasteiger partial charge in [0, 0.05) is 19.6 Å². The van der Waals surface area contributed by atoms with E-state index in [-0.39, 0.29) is 0 Å². The summed E-state index contributed by atoms with van der Waals surface area (Å²) in [5.41, 5.74) is 7.41. The first-order valence-electron chi connectivity index (χ1n) is 7.70. The minimum absolute atomic E-state index is 0.360. The second-order valence-corrected chi connectivity index (χ2v) is 8.17. The molecule has 0 aromatic heterocycles. The van der Waals surface area contributed by atoms with Crippen molar-refractivity contribution in [1.82, 2.24) is 4.31 Å². The molecule has 0 amide bonds. The Morgan fingerprint density at radius 3 is 2.38 bits per heavy atom.